The minimum Gasteiger partial charge on any atom is -0.477 e. The lowest BCUT2D eigenvalue weighted by atomic mass is 10.0. The number of carbonyl (C=O) groups is 1. The normalized spacial score (nSPS) is 15.6. The van der Waals surface area contributed by atoms with Crippen LogP contribution in [0.5, 0.6) is 0 Å². The third kappa shape index (κ3) is 1.42. The number of hydrogen-bond acceptors (Lipinski definition) is 1. The molecule has 0 saturated carbocycles. The fourth-order valence-corrected chi connectivity index (χ4v) is 0.840. The Morgan fingerprint density at radius 3 is 2.91 bits per heavy atom. The van der Waals surface area contributed by atoms with E-state index in [4.69, 9.17) is 10.6 Å². The Morgan fingerprint density at radius 1 is 1.73 bits per heavy atom. The van der Waals surface area contributed by atoms with E-state index in [-0.39, 0.29) is 11.3 Å². The molecule has 0 aliphatic heterocycles. The summed E-state index contributed by atoms with van der Waals surface area (Å²) in [6.45, 7) is 0. The molecule has 0 amide bonds. The van der Waals surface area contributed by atoms with Gasteiger partial charge in [0.05, 0.1) is 6.42 Å². The van der Waals surface area contributed by atoms with Crippen LogP contribution in [-0.4, -0.2) is 21.6 Å². The second kappa shape index (κ2) is 2.94. The van der Waals surface area contributed by atoms with Gasteiger partial charge in [0.1, 0.15) is 5.57 Å². The average molecular weight is 150 g/mol. The molecule has 0 atom stereocenters. The van der Waals surface area contributed by atoms with E-state index in [1.807, 2.05) is 0 Å². The smallest absolute Gasteiger partial charge is 0.343 e. The molecule has 4 heteroatoms. The standard InChI is InChI=1S/C7H6N2O2/c8-9-6-4-2-1-3-5(6)7(10)11/h1-3H,4H2,(H,10,11). The van der Waals surface area contributed by atoms with Crippen LogP contribution in [0.3, 0.4) is 0 Å². The second-order valence-electron chi connectivity index (χ2n) is 2.06. The number of carboxylic acids is 1. The highest BCUT2D eigenvalue weighted by Crippen LogP contribution is 2.07. The van der Waals surface area contributed by atoms with Crippen LogP contribution in [0.1, 0.15) is 6.42 Å². The van der Waals surface area contributed by atoms with Crippen molar-refractivity contribution in [3.05, 3.63) is 29.3 Å². The molecule has 11 heavy (non-hydrogen) atoms. The molecule has 0 unspecified atom stereocenters. The van der Waals surface area contributed by atoms with Gasteiger partial charge in [-0.1, -0.05) is 12.2 Å². The molecule has 0 radical (unpaired) electrons. The van der Waals surface area contributed by atoms with Gasteiger partial charge in [0.25, 0.3) is 0 Å². The van der Waals surface area contributed by atoms with Crippen LogP contribution >= 0.6 is 0 Å². The highest BCUT2D eigenvalue weighted by molar-refractivity contribution is 6.18. The highest BCUT2D eigenvalue weighted by atomic mass is 16.4. The zero-order valence-electron chi connectivity index (χ0n) is 5.69. The topological polar surface area (TPSA) is 73.7 Å². The fourth-order valence-electron chi connectivity index (χ4n) is 0.840. The van der Waals surface area contributed by atoms with Gasteiger partial charge in [0.2, 0.25) is 0 Å². The summed E-state index contributed by atoms with van der Waals surface area (Å²) >= 11 is 0. The van der Waals surface area contributed by atoms with Gasteiger partial charge < -0.3 is 10.6 Å². The predicted molar refractivity (Wildman–Crippen MR) is 38.1 cm³/mol. The van der Waals surface area contributed by atoms with Crippen LogP contribution in [0, 0.1) is 0 Å². The number of rotatable bonds is 1. The Kier molecular flexibility index (Phi) is 1.99. The van der Waals surface area contributed by atoms with Gasteiger partial charge in [-0.05, 0) is 6.08 Å². The van der Waals surface area contributed by atoms with Gasteiger partial charge >= 0.3 is 11.7 Å². The molecular formula is C7H6N2O2. The minimum atomic E-state index is -1.07. The van der Waals surface area contributed by atoms with Crippen LogP contribution < -0.4 is 0 Å². The number of aliphatic carboxylic acids is 1. The zero-order valence-corrected chi connectivity index (χ0v) is 5.69. The van der Waals surface area contributed by atoms with Gasteiger partial charge in [0, 0.05) is 0 Å². The largest absolute Gasteiger partial charge is 0.477 e. The minimum absolute atomic E-state index is 0.0509. The van der Waals surface area contributed by atoms with Gasteiger partial charge in [-0.3, -0.25) is 0 Å². The molecule has 0 aromatic heterocycles. The van der Waals surface area contributed by atoms with E-state index in [0.29, 0.717) is 6.42 Å². The maximum Gasteiger partial charge on any atom is 0.343 e. The maximum atomic E-state index is 10.4. The van der Waals surface area contributed by atoms with Crippen molar-refractivity contribution < 1.29 is 14.7 Å². The first-order chi connectivity index (χ1) is 5.25. The number of carboxylic acid groups (broad SMARTS) is 1. The van der Waals surface area contributed by atoms with Gasteiger partial charge in [0.15, 0.2) is 0 Å². The van der Waals surface area contributed by atoms with Crippen LogP contribution in [0.4, 0.5) is 0 Å². The molecule has 1 aliphatic rings. The van der Waals surface area contributed by atoms with Crippen LogP contribution in [0.2, 0.25) is 0 Å². The number of hydrogen-bond donors (Lipinski definition) is 1. The van der Waals surface area contributed by atoms with E-state index >= 15 is 0 Å². The van der Waals surface area contributed by atoms with Crippen molar-refractivity contribution in [1.82, 2.24) is 0 Å². The molecule has 1 aliphatic carbocycles. The lowest BCUT2D eigenvalue weighted by molar-refractivity contribution is -0.132. The summed E-state index contributed by atoms with van der Waals surface area (Å²) in [4.78, 5) is 13.3. The molecule has 0 spiro atoms. The molecule has 1 N–H and O–H groups in total. The molecule has 4 nitrogen and oxygen atoms in total. The number of nitrogens with zero attached hydrogens (tertiary/aromatic N) is 2. The monoisotopic (exact) mass is 150 g/mol. The quantitative estimate of drug-likeness (QED) is 0.439. The van der Waals surface area contributed by atoms with Gasteiger partial charge in [-0.2, -0.15) is 4.79 Å². The molecule has 0 bridgehead atoms. The molecule has 0 heterocycles. The van der Waals surface area contributed by atoms with Crippen molar-refractivity contribution in [1.29, 1.82) is 0 Å². The van der Waals surface area contributed by atoms with E-state index in [0.717, 1.165) is 0 Å². The van der Waals surface area contributed by atoms with E-state index in [1.54, 1.807) is 12.2 Å². The van der Waals surface area contributed by atoms with Crippen LogP contribution in [0.25, 0.3) is 5.53 Å². The average Bonchev–Trinajstić information content (AvgIpc) is 2.04. The Hall–Kier alpha value is -1.67. The third-order valence-corrected chi connectivity index (χ3v) is 1.37. The van der Waals surface area contributed by atoms with Crippen molar-refractivity contribution in [3.8, 4) is 0 Å². The Bertz CT molecular complexity index is 296. The predicted octanol–water partition coefficient (Wildman–Crippen LogP) is 0.628. The van der Waals surface area contributed by atoms with Gasteiger partial charge in [-0.25, -0.2) is 4.79 Å². The van der Waals surface area contributed by atoms with Crippen molar-refractivity contribution >= 4 is 11.7 Å². The maximum absolute atomic E-state index is 10.4. The molecule has 1 rings (SSSR count). The SMILES string of the molecule is [N-]=[N+]=C1CC=CC=C1C(=O)O. The van der Waals surface area contributed by atoms with Crippen LogP contribution in [-0.2, 0) is 4.79 Å². The molecule has 56 valence electrons. The first-order valence-electron chi connectivity index (χ1n) is 3.07. The van der Waals surface area contributed by atoms with Crippen molar-refractivity contribution in [2.75, 3.05) is 0 Å². The lowest BCUT2D eigenvalue weighted by Gasteiger charge is -1.96. The van der Waals surface area contributed by atoms with Crippen molar-refractivity contribution in [3.63, 3.8) is 0 Å². The number of allylic oxidation sites excluding steroid dienone is 3. The zero-order chi connectivity index (χ0) is 8.27. The van der Waals surface area contributed by atoms with Gasteiger partial charge in [-0.15, -0.1) is 0 Å². The Morgan fingerprint density at radius 2 is 2.45 bits per heavy atom. The molecule has 0 aromatic rings. The summed E-state index contributed by atoms with van der Waals surface area (Å²) < 4.78 is 0. The van der Waals surface area contributed by atoms with E-state index in [9.17, 15) is 4.79 Å². The first kappa shape index (κ1) is 7.44. The van der Waals surface area contributed by atoms with Crippen molar-refractivity contribution in [2.24, 2.45) is 0 Å². The highest BCUT2D eigenvalue weighted by Gasteiger charge is 2.22. The summed E-state index contributed by atoms with van der Waals surface area (Å²) in [5.74, 6) is -1.07. The summed E-state index contributed by atoms with van der Waals surface area (Å²) in [6, 6.07) is 0. The van der Waals surface area contributed by atoms with E-state index in [1.165, 1.54) is 6.08 Å². The van der Waals surface area contributed by atoms with E-state index in [2.05, 4.69) is 4.79 Å². The lowest BCUT2D eigenvalue weighted by Crippen LogP contribution is -2.14. The summed E-state index contributed by atoms with van der Waals surface area (Å²) in [6.07, 6.45) is 5.12. The summed E-state index contributed by atoms with van der Waals surface area (Å²) in [7, 11) is 0. The Balaban J connectivity index is 3.06. The molecule has 0 fully saturated rings. The van der Waals surface area contributed by atoms with Crippen molar-refractivity contribution in [2.45, 2.75) is 6.42 Å². The summed E-state index contributed by atoms with van der Waals surface area (Å²) in [5, 5.41) is 8.55. The molecule has 0 saturated heterocycles. The van der Waals surface area contributed by atoms with Crippen LogP contribution in [0.15, 0.2) is 23.8 Å². The molecule has 0 aromatic carbocycles. The third-order valence-electron chi connectivity index (χ3n) is 1.37. The Labute approximate surface area is 63.1 Å². The second-order valence-corrected chi connectivity index (χ2v) is 2.06. The van der Waals surface area contributed by atoms with E-state index < -0.39 is 5.97 Å². The summed E-state index contributed by atoms with van der Waals surface area (Å²) in [5.41, 5.74) is 8.61. The first-order valence-corrected chi connectivity index (χ1v) is 3.07. The fraction of sp³-hybridized carbons (Fsp3) is 0.143. The molecular weight excluding hydrogens is 144 g/mol.